The highest BCUT2D eigenvalue weighted by atomic mass is 16.6. The van der Waals surface area contributed by atoms with Crippen molar-refractivity contribution in [3.63, 3.8) is 0 Å². The Morgan fingerprint density at radius 3 is 2.50 bits per heavy atom. The van der Waals surface area contributed by atoms with Crippen molar-refractivity contribution >= 4 is 17.4 Å². The Balaban J connectivity index is 1.97. The molecule has 1 aromatic carbocycles. The fourth-order valence-corrected chi connectivity index (χ4v) is 1.65. The minimum atomic E-state index is -0.472. The number of benzene rings is 1. The minimum Gasteiger partial charge on any atom is -0.310 e. The molecule has 20 heavy (non-hydrogen) atoms. The average molecular weight is 271 g/mol. The van der Waals surface area contributed by atoms with Crippen molar-refractivity contribution in [2.24, 2.45) is 0 Å². The highest BCUT2D eigenvalue weighted by Gasteiger charge is 2.08. The number of hydrogen-bond donors (Lipinski definition) is 1. The normalized spacial score (nSPS) is 10.1. The van der Waals surface area contributed by atoms with E-state index in [4.69, 9.17) is 0 Å². The number of nitro benzene ring substituents is 1. The van der Waals surface area contributed by atoms with Crippen LogP contribution in [0, 0.1) is 17.0 Å². The van der Waals surface area contributed by atoms with Gasteiger partial charge in [0.2, 0.25) is 5.91 Å². The Labute approximate surface area is 115 Å². The molecule has 1 aromatic heterocycles. The fraction of sp³-hybridized carbons (Fsp3) is 0.143. The first-order chi connectivity index (χ1) is 9.54. The van der Waals surface area contributed by atoms with Gasteiger partial charge < -0.3 is 5.32 Å². The minimum absolute atomic E-state index is 0.00867. The van der Waals surface area contributed by atoms with Gasteiger partial charge in [0.25, 0.3) is 5.69 Å². The molecule has 0 spiro atoms. The molecule has 0 fully saturated rings. The molecular weight excluding hydrogens is 258 g/mol. The summed E-state index contributed by atoms with van der Waals surface area (Å²) in [5.41, 5.74) is 1.73. The van der Waals surface area contributed by atoms with Gasteiger partial charge in [-0.25, -0.2) is 4.98 Å². The van der Waals surface area contributed by atoms with E-state index in [-0.39, 0.29) is 18.0 Å². The van der Waals surface area contributed by atoms with Crippen molar-refractivity contribution in [2.45, 2.75) is 13.3 Å². The lowest BCUT2D eigenvalue weighted by Gasteiger charge is -2.04. The van der Waals surface area contributed by atoms with Crippen molar-refractivity contribution in [3.8, 4) is 0 Å². The number of amides is 1. The lowest BCUT2D eigenvalue weighted by Crippen LogP contribution is -2.15. The summed E-state index contributed by atoms with van der Waals surface area (Å²) in [6, 6.07) is 9.48. The molecule has 0 aliphatic carbocycles. The number of nitro groups is 1. The number of hydrogen-bond acceptors (Lipinski definition) is 4. The molecule has 0 unspecified atom stereocenters. The highest BCUT2D eigenvalue weighted by Crippen LogP contribution is 2.13. The monoisotopic (exact) mass is 271 g/mol. The van der Waals surface area contributed by atoms with Gasteiger partial charge in [0, 0.05) is 18.3 Å². The summed E-state index contributed by atoms with van der Waals surface area (Å²) in [5.74, 6) is 0.276. The number of aryl methyl sites for hydroxylation is 1. The Morgan fingerprint density at radius 1 is 1.25 bits per heavy atom. The molecule has 6 nitrogen and oxygen atoms in total. The zero-order chi connectivity index (χ0) is 14.5. The van der Waals surface area contributed by atoms with Crippen molar-refractivity contribution in [3.05, 3.63) is 63.8 Å². The van der Waals surface area contributed by atoms with Crippen LogP contribution in [0.15, 0.2) is 42.6 Å². The van der Waals surface area contributed by atoms with Crippen molar-refractivity contribution < 1.29 is 9.72 Å². The van der Waals surface area contributed by atoms with Crippen LogP contribution in [-0.2, 0) is 11.2 Å². The van der Waals surface area contributed by atoms with Crippen LogP contribution in [0.1, 0.15) is 11.1 Å². The van der Waals surface area contributed by atoms with Gasteiger partial charge in [-0.3, -0.25) is 14.9 Å². The molecule has 1 amide bonds. The summed E-state index contributed by atoms with van der Waals surface area (Å²) in [6.07, 6.45) is 1.81. The standard InChI is InChI=1S/C14H13N3O3/c1-10-2-7-13(15-9-10)16-14(18)8-11-3-5-12(6-4-11)17(19)20/h2-7,9H,8H2,1H3,(H,15,16,18). The van der Waals surface area contributed by atoms with E-state index >= 15 is 0 Å². The van der Waals surface area contributed by atoms with Gasteiger partial charge in [0.1, 0.15) is 5.82 Å². The van der Waals surface area contributed by atoms with Gasteiger partial charge in [-0.2, -0.15) is 0 Å². The van der Waals surface area contributed by atoms with Gasteiger partial charge in [0.15, 0.2) is 0 Å². The largest absolute Gasteiger partial charge is 0.310 e. The van der Waals surface area contributed by atoms with Crippen molar-refractivity contribution in [1.29, 1.82) is 0 Å². The average Bonchev–Trinajstić information content (AvgIpc) is 2.42. The van der Waals surface area contributed by atoms with E-state index in [0.717, 1.165) is 5.56 Å². The third kappa shape index (κ3) is 3.61. The number of aromatic nitrogens is 1. The van der Waals surface area contributed by atoms with Crippen LogP contribution in [0.3, 0.4) is 0 Å². The van der Waals surface area contributed by atoms with Crippen LogP contribution in [0.5, 0.6) is 0 Å². The second kappa shape index (κ2) is 5.92. The van der Waals surface area contributed by atoms with Gasteiger partial charge >= 0.3 is 0 Å². The van der Waals surface area contributed by atoms with E-state index in [1.807, 2.05) is 13.0 Å². The van der Waals surface area contributed by atoms with Crippen molar-refractivity contribution in [2.75, 3.05) is 5.32 Å². The first-order valence-corrected chi connectivity index (χ1v) is 6.00. The Bertz CT molecular complexity index is 621. The molecule has 0 bridgehead atoms. The van der Waals surface area contributed by atoms with Crippen LogP contribution in [-0.4, -0.2) is 15.8 Å². The summed E-state index contributed by atoms with van der Waals surface area (Å²) < 4.78 is 0. The Morgan fingerprint density at radius 2 is 1.95 bits per heavy atom. The number of rotatable bonds is 4. The predicted molar refractivity (Wildman–Crippen MR) is 74.4 cm³/mol. The summed E-state index contributed by atoms with van der Waals surface area (Å²) >= 11 is 0. The molecule has 2 rings (SSSR count). The highest BCUT2D eigenvalue weighted by molar-refractivity contribution is 5.91. The predicted octanol–water partition coefficient (Wildman–Crippen LogP) is 2.48. The molecule has 1 N–H and O–H groups in total. The number of carbonyl (C=O) groups excluding carboxylic acids is 1. The zero-order valence-electron chi connectivity index (χ0n) is 10.9. The maximum atomic E-state index is 11.8. The second-order valence-corrected chi connectivity index (χ2v) is 4.37. The number of anilines is 1. The molecule has 1 heterocycles. The molecular formula is C14H13N3O3. The van der Waals surface area contributed by atoms with E-state index < -0.39 is 4.92 Å². The number of carbonyl (C=O) groups is 1. The molecule has 0 aliphatic heterocycles. The molecule has 0 saturated carbocycles. The van der Waals surface area contributed by atoms with Crippen LogP contribution in [0.4, 0.5) is 11.5 Å². The zero-order valence-corrected chi connectivity index (χ0v) is 10.9. The van der Waals surface area contributed by atoms with Gasteiger partial charge in [-0.15, -0.1) is 0 Å². The molecule has 6 heteroatoms. The van der Waals surface area contributed by atoms with Crippen molar-refractivity contribution in [1.82, 2.24) is 4.98 Å². The Kier molecular flexibility index (Phi) is 4.05. The van der Waals surface area contributed by atoms with E-state index in [9.17, 15) is 14.9 Å². The van der Waals surface area contributed by atoms with Gasteiger partial charge in [-0.1, -0.05) is 18.2 Å². The van der Waals surface area contributed by atoms with E-state index in [1.54, 1.807) is 24.4 Å². The molecule has 0 aliphatic rings. The number of nitrogens with zero attached hydrogens (tertiary/aromatic N) is 2. The number of pyridine rings is 1. The number of non-ortho nitro benzene ring substituents is 1. The Hall–Kier alpha value is -2.76. The summed E-state index contributed by atoms with van der Waals surface area (Å²) in [6.45, 7) is 1.91. The first kappa shape index (κ1) is 13.7. The molecule has 0 atom stereocenters. The molecule has 0 saturated heterocycles. The third-order valence-corrected chi connectivity index (χ3v) is 2.69. The quantitative estimate of drug-likeness (QED) is 0.683. The fourth-order valence-electron chi connectivity index (χ4n) is 1.65. The van der Waals surface area contributed by atoms with E-state index in [0.29, 0.717) is 11.4 Å². The van der Waals surface area contributed by atoms with Crippen LogP contribution < -0.4 is 5.32 Å². The molecule has 102 valence electrons. The maximum Gasteiger partial charge on any atom is 0.269 e. The smallest absolute Gasteiger partial charge is 0.269 e. The SMILES string of the molecule is Cc1ccc(NC(=O)Cc2ccc([N+](=O)[O-])cc2)nc1. The first-order valence-electron chi connectivity index (χ1n) is 6.00. The summed E-state index contributed by atoms with van der Waals surface area (Å²) in [4.78, 5) is 25.9. The maximum absolute atomic E-state index is 11.8. The number of nitrogens with one attached hydrogen (secondary N) is 1. The lowest BCUT2D eigenvalue weighted by atomic mass is 10.1. The summed E-state index contributed by atoms with van der Waals surface area (Å²) in [7, 11) is 0. The van der Waals surface area contributed by atoms with Crippen LogP contribution >= 0.6 is 0 Å². The van der Waals surface area contributed by atoms with Crippen LogP contribution in [0.25, 0.3) is 0 Å². The topological polar surface area (TPSA) is 85.1 Å². The summed E-state index contributed by atoms with van der Waals surface area (Å²) in [5, 5.41) is 13.2. The van der Waals surface area contributed by atoms with Gasteiger partial charge in [-0.05, 0) is 24.1 Å². The van der Waals surface area contributed by atoms with E-state index in [2.05, 4.69) is 10.3 Å². The van der Waals surface area contributed by atoms with Crippen LogP contribution in [0.2, 0.25) is 0 Å². The second-order valence-electron chi connectivity index (χ2n) is 4.37. The molecule has 0 radical (unpaired) electrons. The molecule has 2 aromatic rings. The third-order valence-electron chi connectivity index (χ3n) is 2.69. The van der Waals surface area contributed by atoms with E-state index in [1.165, 1.54) is 12.1 Å². The van der Waals surface area contributed by atoms with Gasteiger partial charge in [0.05, 0.1) is 11.3 Å². The lowest BCUT2D eigenvalue weighted by molar-refractivity contribution is -0.384.